The van der Waals surface area contributed by atoms with Gasteiger partial charge >= 0.3 is 0 Å². The van der Waals surface area contributed by atoms with Gasteiger partial charge in [-0.05, 0) is 12.5 Å². The molecule has 0 saturated heterocycles. The van der Waals surface area contributed by atoms with Crippen LogP contribution in [-0.2, 0) is 6.54 Å². The Morgan fingerprint density at radius 2 is 2.32 bits per heavy atom. The van der Waals surface area contributed by atoms with E-state index in [2.05, 4.69) is 20.4 Å². The summed E-state index contributed by atoms with van der Waals surface area (Å²) < 4.78 is 1.88. The van der Waals surface area contributed by atoms with E-state index in [9.17, 15) is 4.79 Å². The number of anilines is 1. The van der Waals surface area contributed by atoms with Crippen LogP contribution in [0.2, 0.25) is 0 Å². The molecule has 2 heterocycles. The van der Waals surface area contributed by atoms with Crippen molar-refractivity contribution in [2.75, 3.05) is 11.9 Å². The van der Waals surface area contributed by atoms with Gasteiger partial charge in [0.25, 0.3) is 5.56 Å². The molecule has 2 aromatic heterocycles. The molecule has 0 unspecified atom stereocenters. The van der Waals surface area contributed by atoms with Crippen molar-refractivity contribution in [3.05, 3.63) is 40.7 Å². The number of rotatable bonds is 6. The number of nitrogens with zero attached hydrogens (tertiary/aromatic N) is 3. The van der Waals surface area contributed by atoms with Gasteiger partial charge in [-0.25, -0.2) is 4.98 Å². The highest BCUT2D eigenvalue weighted by atomic mass is 16.1. The van der Waals surface area contributed by atoms with Gasteiger partial charge in [-0.15, -0.1) is 0 Å². The van der Waals surface area contributed by atoms with Crippen molar-refractivity contribution in [3.63, 3.8) is 0 Å². The van der Waals surface area contributed by atoms with Crippen molar-refractivity contribution in [3.8, 4) is 0 Å². The molecule has 2 aromatic rings. The monoisotopic (exact) mass is 261 g/mol. The van der Waals surface area contributed by atoms with Crippen molar-refractivity contribution in [1.82, 2.24) is 19.7 Å². The number of aromatic amines is 1. The molecule has 0 saturated carbocycles. The summed E-state index contributed by atoms with van der Waals surface area (Å²) in [6, 6.07) is 3.39. The Bertz CT molecular complexity index is 559. The van der Waals surface area contributed by atoms with Gasteiger partial charge in [0.2, 0.25) is 0 Å². The number of hydrogen-bond donors (Lipinski definition) is 2. The molecule has 0 radical (unpaired) electrons. The van der Waals surface area contributed by atoms with E-state index < -0.39 is 0 Å². The van der Waals surface area contributed by atoms with E-state index in [4.69, 9.17) is 0 Å². The molecular weight excluding hydrogens is 242 g/mol. The molecule has 0 amide bonds. The molecule has 0 aliphatic heterocycles. The van der Waals surface area contributed by atoms with Crippen LogP contribution in [0.25, 0.3) is 0 Å². The average molecular weight is 261 g/mol. The minimum Gasteiger partial charge on any atom is -0.370 e. The van der Waals surface area contributed by atoms with Crippen LogP contribution in [0.15, 0.2) is 29.3 Å². The Morgan fingerprint density at radius 1 is 1.47 bits per heavy atom. The van der Waals surface area contributed by atoms with Gasteiger partial charge in [-0.2, -0.15) is 5.10 Å². The first-order valence-corrected chi connectivity index (χ1v) is 6.47. The molecule has 0 fully saturated rings. The number of aromatic nitrogens is 4. The topological polar surface area (TPSA) is 75.6 Å². The van der Waals surface area contributed by atoms with Crippen LogP contribution >= 0.6 is 0 Å². The van der Waals surface area contributed by atoms with Gasteiger partial charge in [0.05, 0.1) is 0 Å². The minimum atomic E-state index is -0.117. The zero-order chi connectivity index (χ0) is 13.7. The molecule has 19 heavy (non-hydrogen) atoms. The highest BCUT2D eigenvalue weighted by Crippen LogP contribution is 2.08. The summed E-state index contributed by atoms with van der Waals surface area (Å²) in [5.41, 5.74) is -0.117. The van der Waals surface area contributed by atoms with Crippen molar-refractivity contribution in [2.45, 2.75) is 32.7 Å². The van der Waals surface area contributed by atoms with Crippen molar-refractivity contribution < 1.29 is 0 Å². The fourth-order valence-electron chi connectivity index (χ4n) is 1.73. The lowest BCUT2D eigenvalue weighted by molar-refractivity contribution is 0.591. The first-order valence-electron chi connectivity index (χ1n) is 6.47. The molecule has 6 heteroatoms. The highest BCUT2D eigenvalue weighted by Gasteiger charge is 2.04. The summed E-state index contributed by atoms with van der Waals surface area (Å²) in [6.07, 6.45) is 4.62. The molecule has 2 N–H and O–H groups in total. The maximum Gasteiger partial charge on any atom is 0.252 e. The van der Waals surface area contributed by atoms with Gasteiger partial charge in [0.15, 0.2) is 0 Å². The van der Waals surface area contributed by atoms with E-state index in [1.165, 1.54) is 6.07 Å². The Hall–Kier alpha value is -2.11. The predicted octanol–water partition coefficient (Wildman–Crippen LogP) is 1.59. The number of aryl methyl sites for hydroxylation is 1. The first-order chi connectivity index (χ1) is 9.15. The van der Waals surface area contributed by atoms with E-state index >= 15 is 0 Å². The summed E-state index contributed by atoms with van der Waals surface area (Å²) >= 11 is 0. The zero-order valence-corrected chi connectivity index (χ0v) is 11.3. The minimum absolute atomic E-state index is 0.117. The largest absolute Gasteiger partial charge is 0.370 e. The van der Waals surface area contributed by atoms with Crippen molar-refractivity contribution >= 4 is 5.82 Å². The average Bonchev–Trinajstić information content (AvgIpc) is 2.87. The standard InChI is InChI=1S/C13H19N5O/c1-10(2)13-16-11(9-12(19)17-13)14-5-3-7-18-8-4-6-15-18/h4,6,8-10H,3,5,7H2,1-2H3,(H2,14,16,17,19). The fourth-order valence-corrected chi connectivity index (χ4v) is 1.73. The second-order valence-electron chi connectivity index (χ2n) is 4.72. The molecular formula is C13H19N5O. The fraction of sp³-hybridized carbons (Fsp3) is 0.462. The second kappa shape index (κ2) is 6.17. The third-order valence-corrected chi connectivity index (χ3v) is 2.74. The first kappa shape index (κ1) is 13.3. The summed E-state index contributed by atoms with van der Waals surface area (Å²) in [5.74, 6) is 1.55. The molecule has 0 spiro atoms. The highest BCUT2D eigenvalue weighted by molar-refractivity contribution is 5.33. The predicted molar refractivity (Wildman–Crippen MR) is 74.3 cm³/mol. The SMILES string of the molecule is CC(C)c1nc(NCCCn2cccn2)cc(=O)[nH]1. The van der Waals surface area contributed by atoms with Gasteiger partial charge in [-0.1, -0.05) is 13.8 Å². The van der Waals surface area contributed by atoms with Crippen molar-refractivity contribution in [2.24, 2.45) is 0 Å². The van der Waals surface area contributed by atoms with Crippen LogP contribution in [0.3, 0.4) is 0 Å². The number of hydrogen-bond acceptors (Lipinski definition) is 4. The lowest BCUT2D eigenvalue weighted by atomic mass is 10.2. The van der Waals surface area contributed by atoms with Crippen molar-refractivity contribution in [1.29, 1.82) is 0 Å². The number of nitrogens with one attached hydrogen (secondary N) is 2. The third kappa shape index (κ3) is 3.94. The number of H-pyrrole nitrogens is 1. The van der Waals surface area contributed by atoms with Gasteiger partial charge in [-0.3, -0.25) is 9.48 Å². The molecule has 0 bridgehead atoms. The van der Waals surface area contributed by atoms with Crippen LogP contribution in [0, 0.1) is 0 Å². The maximum absolute atomic E-state index is 11.5. The van der Waals surface area contributed by atoms with E-state index in [0.29, 0.717) is 11.6 Å². The lowest BCUT2D eigenvalue weighted by Gasteiger charge is -2.09. The third-order valence-electron chi connectivity index (χ3n) is 2.74. The molecule has 2 rings (SSSR count). The van der Waals surface area contributed by atoms with E-state index in [1.54, 1.807) is 6.20 Å². The van der Waals surface area contributed by atoms with Crippen LogP contribution in [0.4, 0.5) is 5.82 Å². The molecule has 0 atom stereocenters. The summed E-state index contributed by atoms with van der Waals surface area (Å²) in [6.45, 7) is 5.60. The van der Waals surface area contributed by atoms with E-state index in [1.807, 2.05) is 30.8 Å². The van der Waals surface area contributed by atoms with Gasteiger partial charge in [0.1, 0.15) is 11.6 Å². The van der Waals surface area contributed by atoms with Crippen LogP contribution in [0.1, 0.15) is 32.0 Å². The molecule has 102 valence electrons. The van der Waals surface area contributed by atoms with Crippen LogP contribution in [0.5, 0.6) is 0 Å². The Morgan fingerprint density at radius 3 is 3.00 bits per heavy atom. The normalized spacial score (nSPS) is 10.9. The Labute approximate surface area is 111 Å². The smallest absolute Gasteiger partial charge is 0.252 e. The Kier molecular flexibility index (Phi) is 4.33. The van der Waals surface area contributed by atoms with Gasteiger partial charge < -0.3 is 10.3 Å². The van der Waals surface area contributed by atoms with E-state index in [-0.39, 0.29) is 11.5 Å². The lowest BCUT2D eigenvalue weighted by Crippen LogP contribution is -2.15. The zero-order valence-electron chi connectivity index (χ0n) is 11.3. The molecule has 0 aromatic carbocycles. The molecule has 0 aliphatic rings. The second-order valence-corrected chi connectivity index (χ2v) is 4.72. The quantitative estimate of drug-likeness (QED) is 0.774. The van der Waals surface area contributed by atoms with Crippen LogP contribution < -0.4 is 10.9 Å². The summed E-state index contributed by atoms with van der Waals surface area (Å²) in [4.78, 5) is 18.6. The maximum atomic E-state index is 11.5. The van der Waals surface area contributed by atoms with Crippen LogP contribution in [-0.4, -0.2) is 26.3 Å². The molecule has 6 nitrogen and oxygen atoms in total. The van der Waals surface area contributed by atoms with E-state index in [0.717, 1.165) is 19.5 Å². The molecule has 0 aliphatic carbocycles. The summed E-state index contributed by atoms with van der Waals surface area (Å²) in [7, 11) is 0. The Balaban J connectivity index is 1.87. The summed E-state index contributed by atoms with van der Waals surface area (Å²) in [5, 5.41) is 7.30. The van der Waals surface area contributed by atoms with Gasteiger partial charge in [0, 0.05) is 37.5 Å².